The number of benzene rings is 1. The number of aryl methyl sites for hydroxylation is 1. The van der Waals surface area contributed by atoms with E-state index >= 15 is 0 Å². The van der Waals surface area contributed by atoms with Gasteiger partial charge in [0.1, 0.15) is 6.07 Å². The summed E-state index contributed by atoms with van der Waals surface area (Å²) in [5.74, 6) is 0.839. The lowest BCUT2D eigenvalue weighted by atomic mass is 10.2. The molecule has 30 heavy (non-hydrogen) atoms. The Balaban J connectivity index is 1.49. The Morgan fingerprint density at radius 1 is 1.30 bits per heavy atom. The average Bonchev–Trinajstić information content (AvgIpc) is 3.40. The summed E-state index contributed by atoms with van der Waals surface area (Å²) < 4.78 is 10.6. The molecule has 0 saturated carbocycles. The molecule has 3 rings (SSSR count). The maximum absolute atomic E-state index is 12.1. The first-order chi connectivity index (χ1) is 14.6. The number of nitriles is 1. The van der Waals surface area contributed by atoms with E-state index in [-0.39, 0.29) is 12.5 Å². The lowest BCUT2D eigenvalue weighted by molar-refractivity contribution is -0.116. The minimum atomic E-state index is -0.161. The van der Waals surface area contributed by atoms with Gasteiger partial charge in [0.25, 0.3) is 0 Å². The van der Waals surface area contributed by atoms with Crippen LogP contribution in [0.3, 0.4) is 0 Å². The summed E-state index contributed by atoms with van der Waals surface area (Å²) in [6.45, 7) is 2.51. The van der Waals surface area contributed by atoms with Gasteiger partial charge in [-0.2, -0.15) is 5.26 Å². The summed E-state index contributed by atoms with van der Waals surface area (Å²) in [6, 6.07) is 11.3. The summed E-state index contributed by atoms with van der Waals surface area (Å²) in [6.07, 6.45) is 3.97. The maximum atomic E-state index is 12.1. The van der Waals surface area contributed by atoms with Crippen LogP contribution in [0.2, 0.25) is 0 Å². The fourth-order valence-corrected chi connectivity index (χ4v) is 4.34. The Bertz CT molecular complexity index is 1080. The van der Waals surface area contributed by atoms with E-state index < -0.39 is 0 Å². The van der Waals surface area contributed by atoms with Gasteiger partial charge in [-0.25, -0.2) is 4.98 Å². The standard InChI is InChI=1S/C22H21N3O3S2/c1-15-25-18(14-29-15)21-7-5-17(30-21)9-11-24-22(26)8-4-16-3-6-19(28-12-10-23)20(13-16)27-2/h3-8,13-14H,9,11-12H2,1-2H3,(H,24,26)/b8-4+. The molecule has 0 saturated heterocycles. The number of methoxy groups -OCH3 is 1. The monoisotopic (exact) mass is 439 g/mol. The molecule has 1 N–H and O–H groups in total. The number of rotatable bonds is 9. The molecule has 154 valence electrons. The zero-order chi connectivity index (χ0) is 21.3. The van der Waals surface area contributed by atoms with Crippen molar-refractivity contribution in [2.45, 2.75) is 13.3 Å². The first kappa shape index (κ1) is 21.6. The van der Waals surface area contributed by atoms with Crippen LogP contribution in [0, 0.1) is 18.3 Å². The number of hydrogen-bond donors (Lipinski definition) is 1. The second-order valence-electron chi connectivity index (χ2n) is 6.25. The molecule has 2 heterocycles. The number of aromatic nitrogens is 1. The summed E-state index contributed by atoms with van der Waals surface area (Å²) in [5, 5.41) is 14.6. The highest BCUT2D eigenvalue weighted by Gasteiger charge is 2.07. The molecule has 6 nitrogen and oxygen atoms in total. The van der Waals surface area contributed by atoms with Crippen molar-refractivity contribution in [3.8, 4) is 28.1 Å². The Morgan fingerprint density at radius 3 is 2.90 bits per heavy atom. The fraction of sp³-hybridized carbons (Fsp3) is 0.227. The van der Waals surface area contributed by atoms with Gasteiger partial charge in [-0.15, -0.1) is 22.7 Å². The van der Waals surface area contributed by atoms with Crippen molar-refractivity contribution in [2.24, 2.45) is 0 Å². The molecule has 2 aromatic heterocycles. The van der Waals surface area contributed by atoms with Gasteiger partial charge in [0.15, 0.2) is 18.1 Å². The van der Waals surface area contributed by atoms with E-state index in [4.69, 9.17) is 14.7 Å². The third-order valence-electron chi connectivity index (χ3n) is 4.11. The number of amides is 1. The third-order valence-corrected chi connectivity index (χ3v) is 6.05. The van der Waals surface area contributed by atoms with E-state index in [9.17, 15) is 4.79 Å². The van der Waals surface area contributed by atoms with Crippen molar-refractivity contribution in [3.05, 3.63) is 57.2 Å². The second kappa shape index (κ2) is 10.6. The highest BCUT2D eigenvalue weighted by atomic mass is 32.1. The molecule has 0 radical (unpaired) electrons. The van der Waals surface area contributed by atoms with E-state index in [1.165, 1.54) is 18.1 Å². The highest BCUT2D eigenvalue weighted by molar-refractivity contribution is 7.16. The number of carbonyl (C=O) groups excluding carboxylic acids is 1. The Morgan fingerprint density at radius 2 is 2.17 bits per heavy atom. The number of ether oxygens (including phenoxy) is 2. The van der Waals surface area contributed by atoms with Crippen molar-refractivity contribution < 1.29 is 14.3 Å². The summed E-state index contributed by atoms with van der Waals surface area (Å²) in [5.41, 5.74) is 1.81. The third kappa shape index (κ3) is 5.92. The Hall–Kier alpha value is -3.15. The molecule has 0 atom stereocenters. The van der Waals surface area contributed by atoms with Crippen molar-refractivity contribution >= 4 is 34.7 Å². The number of hydrogen-bond acceptors (Lipinski definition) is 7. The van der Waals surface area contributed by atoms with Gasteiger partial charge in [0.05, 0.1) is 22.7 Å². The zero-order valence-electron chi connectivity index (χ0n) is 16.7. The molecule has 0 spiro atoms. The van der Waals surface area contributed by atoms with Crippen LogP contribution in [0.5, 0.6) is 11.5 Å². The van der Waals surface area contributed by atoms with E-state index in [1.54, 1.807) is 46.9 Å². The quantitative estimate of drug-likeness (QED) is 0.498. The number of carbonyl (C=O) groups is 1. The van der Waals surface area contributed by atoms with Crippen molar-refractivity contribution in [1.82, 2.24) is 10.3 Å². The minimum absolute atomic E-state index is 0.0525. The van der Waals surface area contributed by atoms with Gasteiger partial charge in [0, 0.05) is 22.9 Å². The van der Waals surface area contributed by atoms with Gasteiger partial charge in [0.2, 0.25) is 5.91 Å². The topological polar surface area (TPSA) is 84.2 Å². The summed E-state index contributed by atoms with van der Waals surface area (Å²) in [7, 11) is 1.53. The highest BCUT2D eigenvalue weighted by Crippen LogP contribution is 2.29. The molecular weight excluding hydrogens is 418 g/mol. The van der Waals surface area contributed by atoms with Gasteiger partial charge in [-0.3, -0.25) is 4.79 Å². The van der Waals surface area contributed by atoms with Crippen LogP contribution >= 0.6 is 22.7 Å². The predicted molar refractivity (Wildman–Crippen MR) is 120 cm³/mol. The summed E-state index contributed by atoms with van der Waals surface area (Å²) in [4.78, 5) is 19.0. The van der Waals surface area contributed by atoms with E-state index in [1.807, 2.05) is 13.0 Å². The molecule has 0 aliphatic carbocycles. The minimum Gasteiger partial charge on any atom is -0.493 e. The maximum Gasteiger partial charge on any atom is 0.244 e. The van der Waals surface area contributed by atoms with Crippen LogP contribution in [0.15, 0.2) is 41.8 Å². The molecular formula is C22H21N3O3S2. The van der Waals surface area contributed by atoms with E-state index in [2.05, 4.69) is 27.8 Å². The van der Waals surface area contributed by atoms with Gasteiger partial charge >= 0.3 is 0 Å². The zero-order valence-corrected chi connectivity index (χ0v) is 18.3. The number of thiophene rings is 1. The normalized spacial score (nSPS) is 10.7. The van der Waals surface area contributed by atoms with Crippen molar-refractivity contribution in [2.75, 3.05) is 20.3 Å². The molecule has 1 amide bonds. The van der Waals surface area contributed by atoms with E-state index in [0.29, 0.717) is 18.0 Å². The molecule has 0 aliphatic heterocycles. The number of nitrogens with one attached hydrogen (secondary N) is 1. The van der Waals surface area contributed by atoms with Gasteiger partial charge < -0.3 is 14.8 Å². The van der Waals surface area contributed by atoms with Crippen molar-refractivity contribution in [3.63, 3.8) is 0 Å². The first-order valence-electron chi connectivity index (χ1n) is 9.24. The van der Waals surface area contributed by atoms with Crippen LogP contribution in [-0.2, 0) is 11.2 Å². The average molecular weight is 440 g/mol. The SMILES string of the molecule is COc1cc(/C=C/C(=O)NCCc2ccc(-c3csc(C)n3)s2)ccc1OCC#N. The number of nitrogens with zero attached hydrogens (tertiary/aromatic N) is 2. The molecule has 1 aromatic carbocycles. The summed E-state index contributed by atoms with van der Waals surface area (Å²) >= 11 is 3.34. The predicted octanol–water partition coefficient (Wildman–Crippen LogP) is 4.46. The molecule has 8 heteroatoms. The van der Waals surface area contributed by atoms with Crippen LogP contribution in [0.4, 0.5) is 0 Å². The Kier molecular flexibility index (Phi) is 7.60. The van der Waals surface area contributed by atoms with Crippen LogP contribution in [-0.4, -0.2) is 31.2 Å². The van der Waals surface area contributed by atoms with Gasteiger partial charge in [-0.1, -0.05) is 6.07 Å². The molecule has 0 unspecified atom stereocenters. The molecule has 3 aromatic rings. The van der Waals surface area contributed by atoms with E-state index in [0.717, 1.165) is 27.6 Å². The lowest BCUT2D eigenvalue weighted by Crippen LogP contribution is -2.23. The largest absolute Gasteiger partial charge is 0.493 e. The van der Waals surface area contributed by atoms with Crippen molar-refractivity contribution in [1.29, 1.82) is 5.26 Å². The Labute approximate surface area is 183 Å². The lowest BCUT2D eigenvalue weighted by Gasteiger charge is -2.08. The first-order valence-corrected chi connectivity index (χ1v) is 10.9. The van der Waals surface area contributed by atoms with Gasteiger partial charge in [-0.05, 0) is 49.2 Å². The second-order valence-corrected chi connectivity index (χ2v) is 8.48. The van der Waals surface area contributed by atoms with Crippen LogP contribution in [0.25, 0.3) is 16.6 Å². The molecule has 0 bridgehead atoms. The molecule has 0 fully saturated rings. The fourth-order valence-electron chi connectivity index (χ4n) is 2.68. The number of thiazole rings is 1. The van der Waals surface area contributed by atoms with Crippen LogP contribution in [0.1, 0.15) is 15.4 Å². The van der Waals surface area contributed by atoms with Crippen LogP contribution < -0.4 is 14.8 Å². The smallest absolute Gasteiger partial charge is 0.244 e. The molecule has 0 aliphatic rings.